The van der Waals surface area contributed by atoms with Gasteiger partial charge in [0.2, 0.25) is 0 Å². The van der Waals surface area contributed by atoms with E-state index in [0.29, 0.717) is 6.10 Å². The average molecular weight is 269 g/mol. The van der Waals surface area contributed by atoms with E-state index in [2.05, 4.69) is 19.0 Å². The minimum Gasteiger partial charge on any atom is -0.391 e. The molecule has 1 saturated carbocycles. The van der Waals surface area contributed by atoms with Gasteiger partial charge in [-0.25, -0.2) is 0 Å². The van der Waals surface area contributed by atoms with Crippen molar-refractivity contribution < 1.29 is 9.84 Å². The summed E-state index contributed by atoms with van der Waals surface area (Å²) in [4.78, 5) is 2.29. The Morgan fingerprint density at radius 3 is 2.37 bits per heavy atom. The van der Waals surface area contributed by atoms with Gasteiger partial charge in [0.25, 0.3) is 0 Å². The van der Waals surface area contributed by atoms with Crippen LogP contribution in [0.25, 0.3) is 0 Å². The average Bonchev–Trinajstić information content (AvgIpc) is 2.78. The van der Waals surface area contributed by atoms with Gasteiger partial charge < -0.3 is 14.7 Å². The Labute approximate surface area is 118 Å². The molecular formula is C16H31NO2. The zero-order chi connectivity index (χ0) is 13.7. The van der Waals surface area contributed by atoms with Crippen molar-refractivity contribution in [1.29, 1.82) is 0 Å². The van der Waals surface area contributed by atoms with Crippen LogP contribution in [0.2, 0.25) is 0 Å². The molecule has 2 fully saturated rings. The van der Waals surface area contributed by atoms with Gasteiger partial charge in [-0.3, -0.25) is 0 Å². The highest BCUT2D eigenvalue weighted by molar-refractivity contribution is 4.96. The molecule has 19 heavy (non-hydrogen) atoms. The normalized spacial score (nSPS) is 29.4. The number of aliphatic hydroxyl groups excluding tert-OH is 1. The van der Waals surface area contributed by atoms with Crippen LogP contribution in [0.4, 0.5) is 0 Å². The van der Waals surface area contributed by atoms with Gasteiger partial charge in [-0.1, -0.05) is 25.7 Å². The van der Waals surface area contributed by atoms with Crippen molar-refractivity contribution in [3.05, 3.63) is 0 Å². The molecule has 0 aromatic carbocycles. The number of rotatable bonds is 5. The van der Waals surface area contributed by atoms with Crippen molar-refractivity contribution in [2.24, 2.45) is 0 Å². The second-order valence-electron chi connectivity index (χ2n) is 6.64. The van der Waals surface area contributed by atoms with Gasteiger partial charge >= 0.3 is 0 Å². The number of ether oxygens (including phenoxy) is 1. The van der Waals surface area contributed by atoms with Crippen LogP contribution in [-0.2, 0) is 4.74 Å². The molecule has 2 atom stereocenters. The van der Waals surface area contributed by atoms with Crippen molar-refractivity contribution in [3.63, 3.8) is 0 Å². The molecule has 3 nitrogen and oxygen atoms in total. The van der Waals surface area contributed by atoms with Crippen LogP contribution in [-0.4, -0.2) is 48.5 Å². The number of likely N-dealkylation sites (N-methyl/N-ethyl adjacent to an activating group) is 1. The monoisotopic (exact) mass is 269 g/mol. The zero-order valence-electron chi connectivity index (χ0n) is 12.7. The van der Waals surface area contributed by atoms with Crippen molar-refractivity contribution in [1.82, 2.24) is 4.90 Å². The highest BCUT2D eigenvalue weighted by Crippen LogP contribution is 2.36. The lowest BCUT2D eigenvalue weighted by molar-refractivity contribution is -0.0302. The molecule has 0 bridgehead atoms. The van der Waals surface area contributed by atoms with Crippen LogP contribution in [0.5, 0.6) is 0 Å². The van der Waals surface area contributed by atoms with E-state index in [9.17, 15) is 5.11 Å². The minimum absolute atomic E-state index is 0.00903. The molecule has 0 radical (unpaired) electrons. The molecular weight excluding hydrogens is 238 g/mol. The van der Waals surface area contributed by atoms with Gasteiger partial charge in [0.1, 0.15) is 0 Å². The predicted molar refractivity (Wildman–Crippen MR) is 78.3 cm³/mol. The third kappa shape index (κ3) is 3.71. The molecule has 1 N–H and O–H groups in total. The molecule has 1 heterocycles. The summed E-state index contributed by atoms with van der Waals surface area (Å²) in [6.07, 6.45) is 12.0. The van der Waals surface area contributed by atoms with E-state index in [1.54, 1.807) is 0 Å². The van der Waals surface area contributed by atoms with Crippen molar-refractivity contribution in [2.45, 2.75) is 82.0 Å². The van der Waals surface area contributed by atoms with Crippen molar-refractivity contribution >= 4 is 0 Å². The molecule has 1 aliphatic carbocycles. The zero-order valence-corrected chi connectivity index (χ0v) is 12.7. The van der Waals surface area contributed by atoms with Crippen molar-refractivity contribution in [3.8, 4) is 0 Å². The Bertz CT molecular complexity index is 253. The third-order valence-electron chi connectivity index (χ3n) is 5.27. The van der Waals surface area contributed by atoms with Gasteiger partial charge in [-0.15, -0.1) is 0 Å². The van der Waals surface area contributed by atoms with E-state index < -0.39 is 0 Å². The van der Waals surface area contributed by atoms with Crippen LogP contribution in [0.1, 0.15) is 64.2 Å². The Morgan fingerprint density at radius 1 is 1.16 bits per heavy atom. The predicted octanol–water partition coefficient (Wildman–Crippen LogP) is 2.96. The fourth-order valence-electron chi connectivity index (χ4n) is 3.90. The first kappa shape index (κ1) is 15.3. The lowest BCUT2D eigenvalue weighted by Crippen LogP contribution is -2.53. The first-order valence-electron chi connectivity index (χ1n) is 8.12. The van der Waals surface area contributed by atoms with Gasteiger partial charge in [0.05, 0.1) is 12.2 Å². The third-order valence-corrected chi connectivity index (χ3v) is 5.27. The second kappa shape index (κ2) is 7.05. The highest BCUT2D eigenvalue weighted by Gasteiger charge is 2.40. The summed E-state index contributed by atoms with van der Waals surface area (Å²) in [5.41, 5.74) is 0.00903. The van der Waals surface area contributed by atoms with Crippen LogP contribution in [0, 0.1) is 0 Å². The number of hydrogen-bond donors (Lipinski definition) is 1. The van der Waals surface area contributed by atoms with E-state index in [4.69, 9.17) is 4.74 Å². The van der Waals surface area contributed by atoms with Crippen LogP contribution in [0.15, 0.2) is 0 Å². The minimum atomic E-state index is -0.204. The van der Waals surface area contributed by atoms with Crippen LogP contribution < -0.4 is 0 Å². The molecule has 0 spiro atoms. The molecule has 1 aliphatic heterocycles. The number of hydrogen-bond acceptors (Lipinski definition) is 3. The van der Waals surface area contributed by atoms with E-state index >= 15 is 0 Å². The fourth-order valence-corrected chi connectivity index (χ4v) is 3.90. The van der Waals surface area contributed by atoms with E-state index in [1.807, 2.05) is 0 Å². The molecule has 1 saturated heterocycles. The smallest absolute Gasteiger partial charge is 0.0724 e. The summed E-state index contributed by atoms with van der Waals surface area (Å²) in [7, 11) is 4.28. The summed E-state index contributed by atoms with van der Waals surface area (Å²) >= 11 is 0. The second-order valence-corrected chi connectivity index (χ2v) is 6.64. The van der Waals surface area contributed by atoms with Gasteiger partial charge in [-0.05, 0) is 52.6 Å². The molecule has 2 unspecified atom stereocenters. The van der Waals surface area contributed by atoms with E-state index in [0.717, 1.165) is 32.3 Å². The molecule has 0 aromatic heterocycles. The number of aliphatic hydroxyl groups is 1. The SMILES string of the molecule is CN(C)C1(C(O)CCC2CCCO2)CCCCCC1. The first-order chi connectivity index (χ1) is 9.15. The van der Waals surface area contributed by atoms with Gasteiger partial charge in [0, 0.05) is 12.1 Å². The summed E-state index contributed by atoms with van der Waals surface area (Å²) < 4.78 is 5.68. The number of nitrogens with zero attached hydrogens (tertiary/aromatic N) is 1. The fraction of sp³-hybridized carbons (Fsp3) is 1.00. The summed E-state index contributed by atoms with van der Waals surface area (Å²) in [5, 5.41) is 10.8. The maximum atomic E-state index is 10.8. The maximum Gasteiger partial charge on any atom is 0.0724 e. The van der Waals surface area contributed by atoms with Gasteiger partial charge in [-0.2, -0.15) is 0 Å². The largest absolute Gasteiger partial charge is 0.391 e. The van der Waals surface area contributed by atoms with E-state index in [-0.39, 0.29) is 11.6 Å². The van der Waals surface area contributed by atoms with E-state index in [1.165, 1.54) is 38.5 Å². The maximum absolute atomic E-state index is 10.8. The topological polar surface area (TPSA) is 32.7 Å². The standard InChI is InChI=1S/C16H31NO2/c1-17(2)16(11-5-3-4-6-12-16)15(18)10-9-14-8-7-13-19-14/h14-15,18H,3-13H2,1-2H3. The Balaban J connectivity index is 1.92. The summed E-state index contributed by atoms with van der Waals surface area (Å²) in [6.45, 7) is 0.916. The molecule has 0 aromatic rings. The molecule has 2 aliphatic rings. The lowest BCUT2D eigenvalue weighted by Gasteiger charge is -2.43. The summed E-state index contributed by atoms with van der Waals surface area (Å²) in [5.74, 6) is 0. The molecule has 112 valence electrons. The lowest BCUT2D eigenvalue weighted by atomic mass is 9.80. The molecule has 3 heteroatoms. The Kier molecular flexibility index (Phi) is 5.67. The van der Waals surface area contributed by atoms with Crippen LogP contribution in [0.3, 0.4) is 0 Å². The Morgan fingerprint density at radius 2 is 1.84 bits per heavy atom. The molecule has 2 rings (SSSR count). The van der Waals surface area contributed by atoms with Crippen LogP contribution >= 0.6 is 0 Å². The van der Waals surface area contributed by atoms with Gasteiger partial charge in [0.15, 0.2) is 0 Å². The quantitative estimate of drug-likeness (QED) is 0.779. The van der Waals surface area contributed by atoms with Crippen molar-refractivity contribution in [2.75, 3.05) is 20.7 Å². The highest BCUT2D eigenvalue weighted by atomic mass is 16.5. The molecule has 0 amide bonds. The first-order valence-corrected chi connectivity index (χ1v) is 8.12. The summed E-state index contributed by atoms with van der Waals surface area (Å²) in [6, 6.07) is 0. The Hall–Kier alpha value is -0.120.